The van der Waals surface area contributed by atoms with Gasteiger partial charge in [0, 0.05) is 30.1 Å². The average molecular weight is 525 g/mol. The summed E-state index contributed by atoms with van der Waals surface area (Å²) in [5, 5.41) is 9.84. The van der Waals surface area contributed by atoms with Crippen molar-refractivity contribution in [3.8, 4) is 5.69 Å². The fraction of sp³-hybridized carbons (Fsp3) is 0.600. The molecule has 4 rings (SSSR count). The molecule has 1 aliphatic heterocycles. The molecule has 1 N–H and O–H groups in total. The summed E-state index contributed by atoms with van der Waals surface area (Å²) in [5.74, 6) is -2.36. The smallest absolute Gasteiger partial charge is 0.312 e. The quantitative estimate of drug-likeness (QED) is 0.224. The van der Waals surface area contributed by atoms with Gasteiger partial charge in [0.1, 0.15) is 0 Å². The fourth-order valence-electron chi connectivity index (χ4n) is 5.50. The summed E-state index contributed by atoms with van der Waals surface area (Å²) in [4.78, 5) is 41.5. The molecule has 8 heteroatoms. The number of hydrogen-bond donors (Lipinski definition) is 1. The van der Waals surface area contributed by atoms with Crippen molar-refractivity contribution in [3.63, 3.8) is 0 Å². The number of esters is 2. The molecular weight excluding hydrogens is 484 g/mol. The predicted molar refractivity (Wildman–Crippen MR) is 142 cm³/mol. The molecule has 1 aromatic carbocycles. The summed E-state index contributed by atoms with van der Waals surface area (Å²) in [5.41, 5.74) is 4.31. The zero-order valence-corrected chi connectivity index (χ0v) is 22.6. The van der Waals surface area contributed by atoms with Crippen LogP contribution in [-0.2, 0) is 43.1 Å². The number of carboxylic acids is 1. The van der Waals surface area contributed by atoms with E-state index in [-0.39, 0.29) is 24.2 Å². The van der Waals surface area contributed by atoms with Gasteiger partial charge in [0.25, 0.3) is 0 Å². The highest BCUT2D eigenvalue weighted by molar-refractivity contribution is 5.73. The summed E-state index contributed by atoms with van der Waals surface area (Å²) in [7, 11) is 0. The van der Waals surface area contributed by atoms with Crippen LogP contribution in [-0.4, -0.2) is 38.9 Å². The van der Waals surface area contributed by atoms with Gasteiger partial charge in [0.2, 0.25) is 6.29 Å². The number of hydrogen-bond acceptors (Lipinski definition) is 6. The largest absolute Gasteiger partial charge is 0.481 e. The molecule has 0 saturated heterocycles. The molecule has 0 spiro atoms. The van der Waals surface area contributed by atoms with Crippen LogP contribution in [0.5, 0.6) is 0 Å². The lowest BCUT2D eigenvalue weighted by Crippen LogP contribution is -2.32. The molecule has 0 radical (unpaired) electrons. The number of aromatic nitrogens is 2. The molecule has 1 unspecified atom stereocenters. The first-order chi connectivity index (χ1) is 18.3. The van der Waals surface area contributed by atoms with Gasteiger partial charge in [0.15, 0.2) is 0 Å². The second-order valence-electron chi connectivity index (χ2n) is 11.0. The Hall–Kier alpha value is -3.16. The van der Waals surface area contributed by atoms with Crippen LogP contribution in [0, 0.1) is 17.8 Å². The highest BCUT2D eigenvalue weighted by Gasteiger charge is 2.29. The molecule has 0 bridgehead atoms. The maximum Gasteiger partial charge on any atom is 0.312 e. The average Bonchev–Trinajstić information content (AvgIpc) is 3.33. The van der Waals surface area contributed by atoms with Crippen LogP contribution in [0.2, 0.25) is 0 Å². The Kier molecular flexibility index (Phi) is 9.58. The number of para-hydroxylation sites is 1. The molecular formula is C30H40N2O6. The van der Waals surface area contributed by atoms with Gasteiger partial charge in [-0.05, 0) is 50.2 Å². The van der Waals surface area contributed by atoms with Crippen LogP contribution >= 0.6 is 0 Å². The monoisotopic (exact) mass is 524 g/mol. The van der Waals surface area contributed by atoms with Crippen molar-refractivity contribution in [1.82, 2.24) is 9.55 Å². The number of carbonyl (C=O) groups excluding carboxylic acids is 2. The Morgan fingerprint density at radius 3 is 2.55 bits per heavy atom. The van der Waals surface area contributed by atoms with Gasteiger partial charge in [-0.15, -0.1) is 0 Å². The van der Waals surface area contributed by atoms with Crippen molar-refractivity contribution < 1.29 is 29.0 Å². The van der Waals surface area contributed by atoms with Crippen LogP contribution in [0.25, 0.3) is 5.69 Å². The minimum atomic E-state index is -0.888. The number of rotatable bonds is 12. The van der Waals surface area contributed by atoms with E-state index in [0.29, 0.717) is 25.7 Å². The van der Waals surface area contributed by atoms with E-state index < -0.39 is 24.1 Å². The van der Waals surface area contributed by atoms with Crippen LogP contribution in [0.15, 0.2) is 30.6 Å². The minimum Gasteiger partial charge on any atom is -0.481 e. The molecule has 2 heterocycles. The zero-order chi connectivity index (χ0) is 27.1. The first-order valence-electron chi connectivity index (χ1n) is 14.1. The number of nitrogens with zero attached hydrogens (tertiary/aromatic N) is 2. The Bertz CT molecular complexity index is 1120. The third-order valence-corrected chi connectivity index (χ3v) is 7.77. The topological polar surface area (TPSA) is 108 Å². The normalized spacial score (nSPS) is 16.8. The summed E-state index contributed by atoms with van der Waals surface area (Å²) < 4.78 is 13.1. The molecule has 2 aromatic rings. The molecule has 1 fully saturated rings. The lowest BCUT2D eigenvalue weighted by atomic mass is 9.89. The number of aliphatic carboxylic acids is 1. The predicted octanol–water partition coefficient (Wildman–Crippen LogP) is 5.42. The van der Waals surface area contributed by atoms with Gasteiger partial charge >= 0.3 is 17.9 Å². The Balaban J connectivity index is 1.24. The van der Waals surface area contributed by atoms with Gasteiger partial charge in [-0.3, -0.25) is 14.4 Å². The van der Waals surface area contributed by atoms with Crippen molar-refractivity contribution in [1.29, 1.82) is 0 Å². The Morgan fingerprint density at radius 2 is 1.82 bits per heavy atom. The van der Waals surface area contributed by atoms with E-state index >= 15 is 0 Å². The Morgan fingerprint density at radius 1 is 1.05 bits per heavy atom. The second-order valence-corrected chi connectivity index (χ2v) is 11.0. The SMILES string of the molecule is CC(C)C(OC(=O)CCCC[C@@H](Cc1ncn2c1CCc1ccccc1-2)C(=O)O)OC(=O)C1CCCCC1. The van der Waals surface area contributed by atoms with E-state index in [9.17, 15) is 19.5 Å². The van der Waals surface area contributed by atoms with Gasteiger partial charge in [0.05, 0.1) is 23.9 Å². The van der Waals surface area contributed by atoms with E-state index in [0.717, 1.165) is 62.0 Å². The van der Waals surface area contributed by atoms with Gasteiger partial charge in [-0.25, -0.2) is 4.98 Å². The molecule has 1 saturated carbocycles. The number of unbranched alkanes of at least 4 members (excludes halogenated alkanes) is 1. The van der Waals surface area contributed by atoms with E-state index in [1.807, 2.05) is 26.0 Å². The fourth-order valence-corrected chi connectivity index (χ4v) is 5.50. The van der Waals surface area contributed by atoms with E-state index in [4.69, 9.17) is 9.47 Å². The Labute approximate surface area is 224 Å². The molecule has 2 atom stereocenters. The molecule has 1 aromatic heterocycles. The van der Waals surface area contributed by atoms with E-state index in [1.165, 1.54) is 5.56 Å². The van der Waals surface area contributed by atoms with E-state index in [1.54, 1.807) is 6.33 Å². The van der Waals surface area contributed by atoms with Crippen LogP contribution in [0.4, 0.5) is 0 Å². The number of ether oxygens (including phenoxy) is 2. The molecule has 206 valence electrons. The number of aryl methyl sites for hydroxylation is 1. The highest BCUT2D eigenvalue weighted by Crippen LogP contribution is 2.29. The first-order valence-corrected chi connectivity index (χ1v) is 14.1. The van der Waals surface area contributed by atoms with Gasteiger partial charge in [-0.1, -0.05) is 57.7 Å². The standard InChI is InChI=1S/C30H40N2O6/c1-20(2)30(38-29(36)22-11-4-3-5-12-22)37-27(33)15-9-7-13-23(28(34)35)18-24-26-17-16-21-10-6-8-14-25(21)32(26)19-31-24/h6,8,10,14,19-20,22-23,30H,3-5,7,9,11-13,15-18H2,1-2H3,(H,34,35)/t23-,30?/m0/s1. The van der Waals surface area contributed by atoms with Crippen LogP contribution < -0.4 is 0 Å². The molecule has 8 nitrogen and oxygen atoms in total. The number of carboxylic acid groups (broad SMARTS) is 1. The number of benzene rings is 1. The zero-order valence-electron chi connectivity index (χ0n) is 22.6. The lowest BCUT2D eigenvalue weighted by Gasteiger charge is -2.25. The lowest BCUT2D eigenvalue weighted by molar-refractivity contribution is -0.199. The molecule has 38 heavy (non-hydrogen) atoms. The molecule has 2 aliphatic rings. The van der Waals surface area contributed by atoms with Crippen molar-refractivity contribution in [2.75, 3.05) is 0 Å². The van der Waals surface area contributed by atoms with Crippen LogP contribution in [0.3, 0.4) is 0 Å². The highest BCUT2D eigenvalue weighted by atomic mass is 16.7. The van der Waals surface area contributed by atoms with Crippen LogP contribution in [0.1, 0.15) is 88.6 Å². The second kappa shape index (κ2) is 13.1. The summed E-state index contributed by atoms with van der Waals surface area (Å²) in [6, 6.07) is 8.22. The van der Waals surface area contributed by atoms with Crippen molar-refractivity contribution in [3.05, 3.63) is 47.5 Å². The summed E-state index contributed by atoms with van der Waals surface area (Å²) >= 11 is 0. The van der Waals surface area contributed by atoms with Gasteiger partial charge < -0.3 is 19.1 Å². The van der Waals surface area contributed by atoms with E-state index in [2.05, 4.69) is 21.7 Å². The molecule has 0 amide bonds. The maximum absolute atomic E-state index is 12.5. The van der Waals surface area contributed by atoms with Crippen molar-refractivity contribution >= 4 is 17.9 Å². The first kappa shape index (κ1) is 27.9. The molecule has 1 aliphatic carbocycles. The summed E-state index contributed by atoms with van der Waals surface area (Å²) in [6.07, 6.45) is 9.61. The number of carbonyl (C=O) groups is 3. The third kappa shape index (κ3) is 7.03. The third-order valence-electron chi connectivity index (χ3n) is 7.77. The minimum absolute atomic E-state index is 0.104. The maximum atomic E-state index is 12.5. The van der Waals surface area contributed by atoms with Crippen molar-refractivity contribution in [2.45, 2.75) is 97.2 Å². The van der Waals surface area contributed by atoms with Gasteiger partial charge in [-0.2, -0.15) is 0 Å². The van der Waals surface area contributed by atoms with Crippen molar-refractivity contribution in [2.24, 2.45) is 17.8 Å². The summed E-state index contributed by atoms with van der Waals surface area (Å²) in [6.45, 7) is 3.72. The number of imidazole rings is 1. The number of fused-ring (bicyclic) bond motifs is 3.